The van der Waals surface area contributed by atoms with Gasteiger partial charge in [0.25, 0.3) is 0 Å². The highest BCUT2D eigenvalue weighted by Gasteiger charge is 2.50. The predicted octanol–water partition coefficient (Wildman–Crippen LogP) is -1.17. The molecule has 0 spiro atoms. The molecule has 88 valence electrons. The van der Waals surface area contributed by atoms with Crippen molar-refractivity contribution in [3.63, 3.8) is 0 Å². The molecule has 1 amide bonds. The lowest BCUT2D eigenvalue weighted by Gasteiger charge is -2.25. The summed E-state index contributed by atoms with van der Waals surface area (Å²) in [4.78, 5) is 22.8. The van der Waals surface area contributed by atoms with Crippen LogP contribution in [0.15, 0.2) is 12.2 Å². The number of carbonyl (C=O) groups is 2. The molecule has 2 heterocycles. The molecule has 2 aliphatic rings. The lowest BCUT2D eigenvalue weighted by atomic mass is 9.82. The molecule has 1 N–H and O–H groups in total. The van der Waals surface area contributed by atoms with Crippen molar-refractivity contribution in [1.82, 2.24) is 5.32 Å². The van der Waals surface area contributed by atoms with E-state index in [0.29, 0.717) is 0 Å². The minimum Gasteiger partial charge on any atom is -0.550 e. The fraction of sp³-hybridized carbons (Fsp3) is 0.636. The molecule has 0 saturated carbocycles. The van der Waals surface area contributed by atoms with E-state index in [1.165, 1.54) is 0 Å². The third kappa shape index (κ3) is 1.71. The summed E-state index contributed by atoms with van der Waals surface area (Å²) < 4.78 is 5.37. The van der Waals surface area contributed by atoms with Crippen molar-refractivity contribution >= 4 is 11.9 Å². The summed E-state index contributed by atoms with van der Waals surface area (Å²) in [5, 5.41) is 13.7. The smallest absolute Gasteiger partial charge is 0.227 e. The van der Waals surface area contributed by atoms with Crippen molar-refractivity contribution in [1.29, 1.82) is 0 Å². The van der Waals surface area contributed by atoms with Crippen LogP contribution < -0.4 is 10.4 Å². The van der Waals surface area contributed by atoms with Crippen LogP contribution in [0.5, 0.6) is 0 Å². The fourth-order valence-electron chi connectivity index (χ4n) is 2.28. The molecule has 0 aromatic carbocycles. The molecular weight excluding hydrogens is 210 g/mol. The zero-order valence-corrected chi connectivity index (χ0v) is 9.17. The largest absolute Gasteiger partial charge is 0.550 e. The summed E-state index contributed by atoms with van der Waals surface area (Å²) in [5.41, 5.74) is 0. The first-order valence-electron chi connectivity index (χ1n) is 5.35. The number of hydrogen-bond acceptors (Lipinski definition) is 4. The van der Waals surface area contributed by atoms with Gasteiger partial charge in [0, 0.05) is 17.9 Å². The summed E-state index contributed by atoms with van der Waals surface area (Å²) in [5.74, 6) is -3.03. The monoisotopic (exact) mass is 224 g/mol. The number of hydrogen-bond donors (Lipinski definition) is 1. The van der Waals surface area contributed by atoms with E-state index < -0.39 is 30.0 Å². The topological polar surface area (TPSA) is 78.5 Å². The average molecular weight is 224 g/mol. The maximum atomic E-state index is 11.8. The van der Waals surface area contributed by atoms with Crippen molar-refractivity contribution in [2.75, 3.05) is 0 Å². The Kier molecular flexibility index (Phi) is 2.71. The van der Waals surface area contributed by atoms with Crippen molar-refractivity contribution < 1.29 is 19.4 Å². The number of aliphatic carboxylic acids is 1. The molecule has 1 saturated heterocycles. The second kappa shape index (κ2) is 3.90. The average Bonchev–Trinajstić information content (AvgIpc) is 2.74. The molecule has 0 radical (unpaired) electrons. The van der Waals surface area contributed by atoms with Gasteiger partial charge in [-0.1, -0.05) is 12.2 Å². The van der Waals surface area contributed by atoms with Gasteiger partial charge in [-0.25, -0.2) is 0 Å². The van der Waals surface area contributed by atoms with Gasteiger partial charge in [0.1, 0.15) is 0 Å². The number of rotatable bonds is 3. The van der Waals surface area contributed by atoms with E-state index in [9.17, 15) is 14.7 Å². The molecule has 16 heavy (non-hydrogen) atoms. The highest BCUT2D eigenvalue weighted by atomic mass is 16.5. The summed E-state index contributed by atoms with van der Waals surface area (Å²) in [7, 11) is 0. The van der Waals surface area contributed by atoms with Gasteiger partial charge in [0.2, 0.25) is 5.91 Å². The summed E-state index contributed by atoms with van der Waals surface area (Å²) in [6, 6.07) is -0.0157. The molecule has 2 rings (SSSR count). The predicted molar refractivity (Wildman–Crippen MR) is 53.1 cm³/mol. The van der Waals surface area contributed by atoms with E-state index >= 15 is 0 Å². The minimum absolute atomic E-state index is 0.0157. The Balaban J connectivity index is 2.16. The van der Waals surface area contributed by atoms with Crippen molar-refractivity contribution in [3.8, 4) is 0 Å². The quantitative estimate of drug-likeness (QED) is 0.613. The highest BCUT2D eigenvalue weighted by Crippen LogP contribution is 2.38. The number of carboxylic acids is 1. The first-order chi connectivity index (χ1) is 7.50. The van der Waals surface area contributed by atoms with Crippen LogP contribution in [0.2, 0.25) is 0 Å². The minimum atomic E-state index is -1.22. The van der Waals surface area contributed by atoms with Gasteiger partial charge < -0.3 is 20.0 Å². The third-order valence-electron chi connectivity index (χ3n) is 2.91. The van der Waals surface area contributed by atoms with E-state index in [2.05, 4.69) is 5.32 Å². The molecule has 0 aliphatic carbocycles. The Morgan fingerprint density at radius 1 is 1.25 bits per heavy atom. The second-order valence-electron chi connectivity index (χ2n) is 4.48. The van der Waals surface area contributed by atoms with Crippen LogP contribution in [0.25, 0.3) is 0 Å². The van der Waals surface area contributed by atoms with E-state index in [1.54, 1.807) is 12.2 Å². The number of ether oxygens (including phenoxy) is 1. The lowest BCUT2D eigenvalue weighted by Crippen LogP contribution is -2.48. The van der Waals surface area contributed by atoms with Gasteiger partial charge in [-0.3, -0.25) is 4.79 Å². The van der Waals surface area contributed by atoms with Gasteiger partial charge in [-0.05, 0) is 13.8 Å². The molecule has 5 heteroatoms. The standard InChI is InChI=1S/C11H15NO4/c1-5(2)12-10(13)8-6-3-4-7(16-6)9(8)11(14)15/h3-9H,1-2H3,(H,12,13)(H,14,15)/p-1/t6-,7+,8-,9-/m0/s1. The van der Waals surface area contributed by atoms with Crippen molar-refractivity contribution in [3.05, 3.63) is 12.2 Å². The highest BCUT2D eigenvalue weighted by molar-refractivity contribution is 5.86. The van der Waals surface area contributed by atoms with E-state index in [1.807, 2.05) is 13.8 Å². The fourth-order valence-corrected chi connectivity index (χ4v) is 2.28. The summed E-state index contributed by atoms with van der Waals surface area (Å²) in [6.07, 6.45) is 2.49. The maximum absolute atomic E-state index is 11.8. The van der Waals surface area contributed by atoms with Crippen LogP contribution in [-0.4, -0.2) is 30.1 Å². The summed E-state index contributed by atoms with van der Waals surface area (Å²) in [6.45, 7) is 3.66. The SMILES string of the molecule is CC(C)NC(=O)[C@@H]1[C@@H](C(=O)[O-])[C@H]2C=C[C@@H]1O2. The number of carboxylic acid groups (broad SMARTS) is 1. The van der Waals surface area contributed by atoms with Crippen LogP contribution >= 0.6 is 0 Å². The first-order valence-corrected chi connectivity index (χ1v) is 5.35. The Morgan fingerprint density at radius 3 is 2.31 bits per heavy atom. The maximum Gasteiger partial charge on any atom is 0.227 e. The van der Waals surface area contributed by atoms with Crippen molar-refractivity contribution in [2.45, 2.75) is 32.1 Å². The van der Waals surface area contributed by atoms with Gasteiger partial charge >= 0.3 is 0 Å². The van der Waals surface area contributed by atoms with Crippen LogP contribution in [0.1, 0.15) is 13.8 Å². The number of carbonyl (C=O) groups excluding carboxylic acids is 2. The molecule has 0 aromatic rings. The molecule has 2 bridgehead atoms. The van der Waals surface area contributed by atoms with Gasteiger partial charge in [0.15, 0.2) is 0 Å². The van der Waals surface area contributed by atoms with E-state index in [0.717, 1.165) is 0 Å². The van der Waals surface area contributed by atoms with Gasteiger partial charge in [-0.15, -0.1) is 0 Å². The van der Waals surface area contributed by atoms with Crippen LogP contribution in [0.3, 0.4) is 0 Å². The number of nitrogens with one attached hydrogen (secondary N) is 1. The Hall–Kier alpha value is -1.36. The van der Waals surface area contributed by atoms with Crippen LogP contribution in [-0.2, 0) is 14.3 Å². The van der Waals surface area contributed by atoms with Crippen LogP contribution in [0, 0.1) is 11.8 Å². The van der Waals surface area contributed by atoms with Crippen LogP contribution in [0.4, 0.5) is 0 Å². The van der Waals surface area contributed by atoms with Crippen molar-refractivity contribution in [2.24, 2.45) is 11.8 Å². The first kappa shape index (κ1) is 11.1. The molecule has 5 nitrogen and oxygen atoms in total. The molecule has 0 unspecified atom stereocenters. The zero-order valence-electron chi connectivity index (χ0n) is 9.17. The Bertz CT molecular complexity index is 350. The van der Waals surface area contributed by atoms with E-state index in [-0.39, 0.29) is 11.9 Å². The molecule has 4 atom stereocenters. The molecule has 2 aliphatic heterocycles. The lowest BCUT2D eigenvalue weighted by molar-refractivity contribution is -0.313. The summed E-state index contributed by atoms with van der Waals surface area (Å²) >= 11 is 0. The third-order valence-corrected chi connectivity index (χ3v) is 2.91. The number of amides is 1. The zero-order chi connectivity index (χ0) is 11.9. The van der Waals surface area contributed by atoms with Gasteiger partial charge in [-0.2, -0.15) is 0 Å². The Morgan fingerprint density at radius 2 is 1.81 bits per heavy atom. The molecule has 0 aromatic heterocycles. The Labute approximate surface area is 93.5 Å². The van der Waals surface area contributed by atoms with Gasteiger partial charge in [0.05, 0.1) is 18.1 Å². The number of fused-ring (bicyclic) bond motifs is 2. The second-order valence-corrected chi connectivity index (χ2v) is 4.48. The molecule has 1 fully saturated rings. The molecular formula is C11H14NO4-. The normalized spacial score (nSPS) is 35.7. The van der Waals surface area contributed by atoms with E-state index in [4.69, 9.17) is 4.74 Å².